The second kappa shape index (κ2) is 9.82. The highest BCUT2D eigenvalue weighted by Gasteiger charge is 2.12. The molecule has 2 amide bonds. The number of amides is 2. The molecule has 7 nitrogen and oxygen atoms in total. The molecule has 0 saturated heterocycles. The summed E-state index contributed by atoms with van der Waals surface area (Å²) in [4.78, 5) is 24.8. The number of rotatable bonds is 7. The lowest BCUT2D eigenvalue weighted by Crippen LogP contribution is -2.22. The average molecular weight is 441 g/mol. The van der Waals surface area contributed by atoms with Crippen LogP contribution in [0, 0.1) is 6.92 Å². The molecule has 0 fully saturated rings. The van der Waals surface area contributed by atoms with E-state index in [4.69, 9.17) is 9.26 Å². The molecule has 2 N–H and O–H groups in total. The van der Waals surface area contributed by atoms with Gasteiger partial charge in [-0.25, -0.2) is 0 Å². The Kier molecular flexibility index (Phi) is 6.50. The summed E-state index contributed by atoms with van der Waals surface area (Å²) in [7, 11) is 1.61. The molecule has 1 aromatic heterocycles. The Balaban J connectivity index is 1.44. The monoisotopic (exact) mass is 441 g/mol. The topological polar surface area (TPSA) is 93.5 Å². The van der Waals surface area contributed by atoms with E-state index >= 15 is 0 Å². The Morgan fingerprint density at radius 1 is 0.970 bits per heavy atom. The number of carbonyl (C=O) groups excluding carboxylic acids is 2. The Bertz CT molecular complexity index is 1270. The van der Waals surface area contributed by atoms with Crippen molar-refractivity contribution in [3.63, 3.8) is 0 Å². The first kappa shape index (κ1) is 21.8. The van der Waals surface area contributed by atoms with Crippen LogP contribution in [0.3, 0.4) is 0 Å². The number of carbonyl (C=O) groups is 2. The maximum atomic E-state index is 12.6. The van der Waals surface area contributed by atoms with Crippen LogP contribution in [0.15, 0.2) is 83.5 Å². The summed E-state index contributed by atoms with van der Waals surface area (Å²) < 4.78 is 10.1. The minimum absolute atomic E-state index is 0.140. The van der Waals surface area contributed by atoms with E-state index in [0.717, 1.165) is 28.0 Å². The fourth-order valence-electron chi connectivity index (χ4n) is 3.40. The number of aryl methyl sites for hydroxylation is 1. The molecule has 166 valence electrons. The van der Waals surface area contributed by atoms with Gasteiger partial charge in [-0.15, -0.1) is 0 Å². The molecule has 0 bridgehead atoms. The second-order valence-corrected chi connectivity index (χ2v) is 7.47. The number of hydrogen-bond donors (Lipinski definition) is 2. The third-order valence-electron chi connectivity index (χ3n) is 5.20. The highest BCUT2D eigenvalue weighted by atomic mass is 16.5. The van der Waals surface area contributed by atoms with Crippen molar-refractivity contribution in [2.75, 3.05) is 12.4 Å². The second-order valence-electron chi connectivity index (χ2n) is 7.47. The number of nitrogens with one attached hydrogen (secondary N) is 2. The molecule has 0 radical (unpaired) electrons. The zero-order valence-electron chi connectivity index (χ0n) is 18.3. The van der Waals surface area contributed by atoms with E-state index in [0.29, 0.717) is 17.8 Å². The van der Waals surface area contributed by atoms with Gasteiger partial charge in [0.15, 0.2) is 0 Å². The summed E-state index contributed by atoms with van der Waals surface area (Å²) in [5, 5.41) is 9.28. The summed E-state index contributed by atoms with van der Waals surface area (Å²) >= 11 is 0. The van der Waals surface area contributed by atoms with Gasteiger partial charge in [-0.3, -0.25) is 9.59 Å². The van der Waals surface area contributed by atoms with Gasteiger partial charge in [-0.1, -0.05) is 35.5 Å². The van der Waals surface area contributed by atoms with Crippen LogP contribution >= 0.6 is 0 Å². The lowest BCUT2D eigenvalue weighted by atomic mass is 9.98. The maximum Gasteiger partial charge on any atom is 0.294 e. The normalized spacial score (nSPS) is 10.5. The first-order chi connectivity index (χ1) is 16.0. The first-order valence-electron chi connectivity index (χ1n) is 10.4. The van der Waals surface area contributed by atoms with Gasteiger partial charge in [0.2, 0.25) is 5.76 Å². The molecule has 0 aliphatic carbocycles. The van der Waals surface area contributed by atoms with Crippen molar-refractivity contribution in [2.24, 2.45) is 0 Å². The van der Waals surface area contributed by atoms with Crippen molar-refractivity contribution in [3.8, 4) is 16.9 Å². The predicted octanol–water partition coefficient (Wildman–Crippen LogP) is 4.84. The molecule has 4 rings (SSSR count). The molecular weight excluding hydrogens is 418 g/mol. The fraction of sp³-hybridized carbons (Fsp3) is 0.115. The zero-order valence-corrected chi connectivity index (χ0v) is 18.3. The average Bonchev–Trinajstić information content (AvgIpc) is 3.39. The molecule has 1 heterocycles. The van der Waals surface area contributed by atoms with Gasteiger partial charge < -0.3 is 19.9 Å². The molecular formula is C26H23N3O4. The van der Waals surface area contributed by atoms with Crippen molar-refractivity contribution in [3.05, 3.63) is 101 Å². The van der Waals surface area contributed by atoms with Crippen LogP contribution in [0.5, 0.6) is 5.75 Å². The lowest BCUT2D eigenvalue weighted by Gasteiger charge is -2.11. The third kappa shape index (κ3) is 5.27. The molecule has 0 unspecified atom stereocenters. The quantitative estimate of drug-likeness (QED) is 0.428. The fourth-order valence-corrected chi connectivity index (χ4v) is 3.40. The van der Waals surface area contributed by atoms with Gasteiger partial charge in [0.25, 0.3) is 11.8 Å². The van der Waals surface area contributed by atoms with E-state index in [9.17, 15) is 9.59 Å². The standard InChI is InChI=1S/C26H23N3O4/c1-17-6-11-21(29-26(31)24-12-13-28-33-24)15-23(17)19-7-9-20(10-8-19)25(30)27-16-18-4-3-5-22(14-18)32-2/h3-15H,16H2,1-2H3,(H,27,30)(H,29,31). The molecule has 33 heavy (non-hydrogen) atoms. The van der Waals surface area contributed by atoms with Crippen LogP contribution in [-0.2, 0) is 6.54 Å². The van der Waals surface area contributed by atoms with Crippen molar-refractivity contribution in [1.29, 1.82) is 0 Å². The predicted molar refractivity (Wildman–Crippen MR) is 125 cm³/mol. The number of ether oxygens (including phenoxy) is 1. The summed E-state index contributed by atoms with van der Waals surface area (Å²) in [5.74, 6) is 0.363. The van der Waals surface area contributed by atoms with Crippen molar-refractivity contribution in [1.82, 2.24) is 10.5 Å². The van der Waals surface area contributed by atoms with Crippen LogP contribution in [0.25, 0.3) is 11.1 Å². The highest BCUT2D eigenvalue weighted by Crippen LogP contribution is 2.27. The Morgan fingerprint density at radius 2 is 1.79 bits per heavy atom. The summed E-state index contributed by atoms with van der Waals surface area (Å²) in [6, 6.07) is 22.1. The molecule has 0 spiro atoms. The van der Waals surface area contributed by atoms with Crippen LogP contribution in [0.4, 0.5) is 5.69 Å². The number of nitrogens with zero attached hydrogens (tertiary/aromatic N) is 1. The number of hydrogen-bond acceptors (Lipinski definition) is 5. The van der Waals surface area contributed by atoms with E-state index < -0.39 is 0 Å². The number of benzene rings is 3. The van der Waals surface area contributed by atoms with E-state index in [1.807, 2.05) is 61.5 Å². The summed E-state index contributed by atoms with van der Waals surface area (Å²) in [6.45, 7) is 2.40. The van der Waals surface area contributed by atoms with Gasteiger partial charge in [0, 0.05) is 23.9 Å². The van der Waals surface area contributed by atoms with Gasteiger partial charge >= 0.3 is 0 Å². The Hall–Kier alpha value is -4.39. The molecule has 4 aromatic rings. The van der Waals surface area contributed by atoms with Gasteiger partial charge in [-0.05, 0) is 65.6 Å². The van der Waals surface area contributed by atoms with Crippen molar-refractivity contribution >= 4 is 17.5 Å². The number of aromatic nitrogens is 1. The maximum absolute atomic E-state index is 12.6. The van der Waals surface area contributed by atoms with Gasteiger partial charge in [0.1, 0.15) is 5.75 Å². The van der Waals surface area contributed by atoms with Crippen LogP contribution < -0.4 is 15.4 Å². The van der Waals surface area contributed by atoms with Crippen LogP contribution in [0.2, 0.25) is 0 Å². The van der Waals surface area contributed by atoms with Crippen molar-refractivity contribution in [2.45, 2.75) is 13.5 Å². The minimum atomic E-state index is -0.370. The van der Waals surface area contributed by atoms with Crippen molar-refractivity contribution < 1.29 is 18.8 Å². The molecule has 0 aliphatic rings. The Labute approximate surface area is 191 Å². The van der Waals surface area contributed by atoms with Gasteiger partial charge in [0.05, 0.1) is 13.3 Å². The largest absolute Gasteiger partial charge is 0.497 e. The number of methoxy groups -OCH3 is 1. The highest BCUT2D eigenvalue weighted by molar-refractivity contribution is 6.02. The van der Waals surface area contributed by atoms with E-state index in [1.165, 1.54) is 12.3 Å². The zero-order chi connectivity index (χ0) is 23.2. The number of anilines is 1. The first-order valence-corrected chi connectivity index (χ1v) is 10.4. The SMILES string of the molecule is COc1cccc(CNC(=O)c2ccc(-c3cc(NC(=O)c4ccno4)ccc3C)cc2)c1. The van der Waals surface area contributed by atoms with E-state index in [2.05, 4.69) is 15.8 Å². The molecule has 7 heteroatoms. The van der Waals surface area contributed by atoms with E-state index in [1.54, 1.807) is 19.2 Å². The molecule has 0 atom stereocenters. The third-order valence-corrected chi connectivity index (χ3v) is 5.20. The minimum Gasteiger partial charge on any atom is -0.497 e. The molecule has 0 saturated carbocycles. The lowest BCUT2D eigenvalue weighted by molar-refractivity contribution is 0.0949. The smallest absolute Gasteiger partial charge is 0.294 e. The molecule has 3 aromatic carbocycles. The van der Waals surface area contributed by atoms with Gasteiger partial charge in [-0.2, -0.15) is 0 Å². The van der Waals surface area contributed by atoms with Crippen LogP contribution in [-0.4, -0.2) is 24.1 Å². The molecule has 0 aliphatic heterocycles. The summed E-state index contributed by atoms with van der Waals surface area (Å²) in [6.07, 6.45) is 1.42. The van der Waals surface area contributed by atoms with E-state index in [-0.39, 0.29) is 17.6 Å². The van der Waals surface area contributed by atoms with Crippen LogP contribution in [0.1, 0.15) is 32.0 Å². The summed E-state index contributed by atoms with van der Waals surface area (Å²) in [5.41, 5.74) is 5.09. The Morgan fingerprint density at radius 3 is 2.52 bits per heavy atom.